The van der Waals surface area contributed by atoms with Gasteiger partial charge in [0.15, 0.2) is 0 Å². The molecule has 3 heteroatoms. The number of carbonyl (C=O) groups excluding carboxylic acids is 1. The monoisotopic (exact) mass is 247 g/mol. The van der Waals surface area contributed by atoms with Crippen LogP contribution in [0, 0.1) is 5.92 Å². The Labute approximate surface area is 109 Å². The minimum Gasteiger partial charge on any atom is -0.493 e. The molecule has 0 radical (unpaired) electrons. The first-order valence-corrected chi connectivity index (χ1v) is 6.72. The number of hydrogen-bond acceptors (Lipinski definition) is 2. The second-order valence-corrected chi connectivity index (χ2v) is 5.01. The molecule has 0 atom stereocenters. The van der Waals surface area contributed by atoms with Gasteiger partial charge in [-0.25, -0.2) is 0 Å². The van der Waals surface area contributed by atoms with E-state index in [2.05, 4.69) is 18.3 Å². The summed E-state index contributed by atoms with van der Waals surface area (Å²) in [5, 5.41) is 2.80. The van der Waals surface area contributed by atoms with Gasteiger partial charge in [-0.3, -0.25) is 4.79 Å². The molecule has 0 aromatic heterocycles. The van der Waals surface area contributed by atoms with Crippen LogP contribution in [0.25, 0.3) is 0 Å². The first-order valence-electron chi connectivity index (χ1n) is 6.72. The van der Waals surface area contributed by atoms with Gasteiger partial charge in [0.25, 0.3) is 0 Å². The molecule has 1 aromatic rings. The lowest BCUT2D eigenvalue weighted by atomic mass is 10.1. The molecule has 1 aliphatic rings. The SMILES string of the molecule is CCCc1ccc(NC(C)=O)cc1OCC1CC1. The highest BCUT2D eigenvalue weighted by molar-refractivity contribution is 5.88. The number of hydrogen-bond donors (Lipinski definition) is 1. The molecule has 1 N–H and O–H groups in total. The van der Waals surface area contributed by atoms with E-state index >= 15 is 0 Å². The van der Waals surface area contributed by atoms with Gasteiger partial charge in [0.2, 0.25) is 5.91 Å². The van der Waals surface area contributed by atoms with E-state index in [0.717, 1.165) is 36.8 Å². The normalized spacial score (nSPS) is 14.3. The molecule has 3 nitrogen and oxygen atoms in total. The fraction of sp³-hybridized carbons (Fsp3) is 0.533. The zero-order valence-corrected chi connectivity index (χ0v) is 11.2. The van der Waals surface area contributed by atoms with Crippen LogP contribution in [0.1, 0.15) is 38.7 Å². The Hall–Kier alpha value is -1.51. The van der Waals surface area contributed by atoms with E-state index in [1.54, 1.807) is 0 Å². The Bertz CT molecular complexity index is 425. The van der Waals surface area contributed by atoms with Crippen molar-refractivity contribution in [2.75, 3.05) is 11.9 Å². The second-order valence-electron chi connectivity index (χ2n) is 5.01. The Morgan fingerprint density at radius 2 is 2.22 bits per heavy atom. The van der Waals surface area contributed by atoms with Crippen molar-refractivity contribution < 1.29 is 9.53 Å². The molecule has 0 heterocycles. The summed E-state index contributed by atoms with van der Waals surface area (Å²) in [5.74, 6) is 1.62. The second kappa shape index (κ2) is 5.89. The van der Waals surface area contributed by atoms with Crippen molar-refractivity contribution in [3.8, 4) is 5.75 Å². The predicted molar refractivity (Wildman–Crippen MR) is 73.0 cm³/mol. The number of rotatable bonds is 6. The van der Waals surface area contributed by atoms with Crippen molar-refractivity contribution in [2.45, 2.75) is 39.5 Å². The van der Waals surface area contributed by atoms with Gasteiger partial charge in [-0.05, 0) is 36.8 Å². The van der Waals surface area contributed by atoms with Crippen LogP contribution >= 0.6 is 0 Å². The smallest absolute Gasteiger partial charge is 0.221 e. The zero-order valence-electron chi connectivity index (χ0n) is 11.2. The maximum Gasteiger partial charge on any atom is 0.221 e. The molecule has 0 aliphatic heterocycles. The van der Waals surface area contributed by atoms with Crippen LogP contribution in [0.15, 0.2) is 18.2 Å². The summed E-state index contributed by atoms with van der Waals surface area (Å²) in [6, 6.07) is 5.93. The highest BCUT2D eigenvalue weighted by Gasteiger charge is 2.22. The van der Waals surface area contributed by atoms with E-state index in [-0.39, 0.29) is 5.91 Å². The molecule has 1 aliphatic carbocycles. The van der Waals surface area contributed by atoms with Crippen molar-refractivity contribution in [1.82, 2.24) is 0 Å². The lowest BCUT2D eigenvalue weighted by molar-refractivity contribution is -0.114. The summed E-state index contributed by atoms with van der Waals surface area (Å²) in [4.78, 5) is 11.1. The summed E-state index contributed by atoms with van der Waals surface area (Å²) in [6.45, 7) is 4.48. The molecule has 98 valence electrons. The van der Waals surface area contributed by atoms with Crippen LogP contribution < -0.4 is 10.1 Å². The molecule has 0 saturated heterocycles. The fourth-order valence-electron chi connectivity index (χ4n) is 1.94. The fourth-order valence-corrected chi connectivity index (χ4v) is 1.94. The summed E-state index contributed by atoms with van der Waals surface area (Å²) in [6.07, 6.45) is 4.68. The molecule has 1 aromatic carbocycles. The highest BCUT2D eigenvalue weighted by Crippen LogP contribution is 2.31. The third-order valence-corrected chi connectivity index (χ3v) is 3.08. The van der Waals surface area contributed by atoms with Crippen LogP contribution in [0.4, 0.5) is 5.69 Å². The first-order chi connectivity index (χ1) is 8.69. The molecule has 1 amide bonds. The number of amides is 1. The van der Waals surface area contributed by atoms with Crippen molar-refractivity contribution in [3.63, 3.8) is 0 Å². The van der Waals surface area contributed by atoms with Gasteiger partial charge in [0.05, 0.1) is 6.61 Å². The maximum absolute atomic E-state index is 11.1. The maximum atomic E-state index is 11.1. The van der Waals surface area contributed by atoms with Crippen LogP contribution in [-0.4, -0.2) is 12.5 Å². The van der Waals surface area contributed by atoms with Gasteiger partial charge in [-0.15, -0.1) is 0 Å². The van der Waals surface area contributed by atoms with Crippen molar-refractivity contribution in [1.29, 1.82) is 0 Å². The van der Waals surface area contributed by atoms with E-state index in [1.807, 2.05) is 12.1 Å². The Morgan fingerprint density at radius 3 is 2.83 bits per heavy atom. The zero-order chi connectivity index (χ0) is 13.0. The standard InChI is InChI=1S/C15H21NO2/c1-3-4-13-7-8-14(16-11(2)17)9-15(13)18-10-12-5-6-12/h7-9,12H,3-6,10H2,1-2H3,(H,16,17). The average Bonchev–Trinajstić information content (AvgIpc) is 3.12. The van der Waals surface area contributed by atoms with Gasteiger partial charge >= 0.3 is 0 Å². The molecular formula is C15H21NO2. The van der Waals surface area contributed by atoms with Gasteiger partial charge < -0.3 is 10.1 Å². The molecule has 1 fully saturated rings. The summed E-state index contributed by atoms with van der Waals surface area (Å²) >= 11 is 0. The van der Waals surface area contributed by atoms with Crippen LogP contribution in [-0.2, 0) is 11.2 Å². The average molecular weight is 247 g/mol. The van der Waals surface area contributed by atoms with Crippen molar-refractivity contribution in [2.24, 2.45) is 5.92 Å². The predicted octanol–water partition coefficient (Wildman–Crippen LogP) is 3.39. The third kappa shape index (κ3) is 3.76. The number of carbonyl (C=O) groups is 1. The molecule has 0 unspecified atom stereocenters. The van der Waals surface area contributed by atoms with Crippen molar-refractivity contribution >= 4 is 11.6 Å². The lowest BCUT2D eigenvalue weighted by Crippen LogP contribution is -2.07. The van der Waals surface area contributed by atoms with E-state index < -0.39 is 0 Å². The first kappa shape index (κ1) is 12.9. The van der Waals surface area contributed by atoms with Crippen LogP contribution in [0.5, 0.6) is 5.75 Å². The molecule has 18 heavy (non-hydrogen) atoms. The van der Waals surface area contributed by atoms with Gasteiger partial charge in [-0.2, -0.15) is 0 Å². The van der Waals surface area contributed by atoms with Crippen LogP contribution in [0.3, 0.4) is 0 Å². The van der Waals surface area contributed by atoms with Gasteiger partial charge in [-0.1, -0.05) is 19.4 Å². The molecule has 0 spiro atoms. The molecular weight excluding hydrogens is 226 g/mol. The number of ether oxygens (including phenoxy) is 1. The summed E-state index contributed by atoms with van der Waals surface area (Å²) < 4.78 is 5.88. The quantitative estimate of drug-likeness (QED) is 0.836. The number of benzene rings is 1. The Balaban J connectivity index is 2.10. The van der Waals surface area contributed by atoms with Gasteiger partial charge in [0.1, 0.15) is 5.75 Å². The Morgan fingerprint density at radius 1 is 1.44 bits per heavy atom. The Kier molecular flexibility index (Phi) is 4.24. The highest BCUT2D eigenvalue weighted by atomic mass is 16.5. The molecule has 0 bridgehead atoms. The molecule has 1 saturated carbocycles. The number of aryl methyl sites for hydroxylation is 1. The number of nitrogens with one attached hydrogen (secondary N) is 1. The number of anilines is 1. The minimum absolute atomic E-state index is 0.0496. The lowest BCUT2D eigenvalue weighted by Gasteiger charge is -2.13. The third-order valence-electron chi connectivity index (χ3n) is 3.08. The minimum atomic E-state index is -0.0496. The van der Waals surface area contributed by atoms with E-state index in [0.29, 0.717) is 0 Å². The van der Waals surface area contributed by atoms with Crippen LogP contribution in [0.2, 0.25) is 0 Å². The largest absolute Gasteiger partial charge is 0.493 e. The summed E-state index contributed by atoms with van der Waals surface area (Å²) in [7, 11) is 0. The topological polar surface area (TPSA) is 38.3 Å². The van der Waals surface area contributed by atoms with Crippen molar-refractivity contribution in [3.05, 3.63) is 23.8 Å². The molecule has 2 rings (SSSR count). The van der Waals surface area contributed by atoms with E-state index in [4.69, 9.17) is 4.74 Å². The van der Waals surface area contributed by atoms with Gasteiger partial charge in [0, 0.05) is 18.7 Å². The van der Waals surface area contributed by atoms with E-state index in [9.17, 15) is 4.79 Å². The van der Waals surface area contributed by atoms with E-state index in [1.165, 1.54) is 25.3 Å². The summed E-state index contributed by atoms with van der Waals surface area (Å²) in [5.41, 5.74) is 2.04.